The minimum atomic E-state index is -0.261. The Morgan fingerprint density at radius 3 is 2.59 bits per heavy atom. The molecule has 5 aromatic rings. The molecule has 0 unspecified atom stereocenters. The highest BCUT2D eigenvalue weighted by Gasteiger charge is 2.16. The first-order valence-corrected chi connectivity index (χ1v) is 10.0. The van der Waals surface area contributed by atoms with Crippen molar-refractivity contribution in [2.24, 2.45) is 0 Å². The Hall–Kier alpha value is -4.39. The largest absolute Gasteiger partial charge is 0.324 e. The fraction of sp³-hybridized carbons (Fsp3) is 0.0400. The molecule has 0 bridgehead atoms. The highest BCUT2D eigenvalue weighted by molar-refractivity contribution is 5.78. The molecule has 0 amide bonds. The fourth-order valence-electron chi connectivity index (χ4n) is 3.35. The third-order valence-electron chi connectivity index (χ3n) is 4.86. The lowest BCUT2D eigenvalue weighted by molar-refractivity contribution is 0.624. The summed E-state index contributed by atoms with van der Waals surface area (Å²) < 4.78 is 15.1. The molecule has 0 atom stereocenters. The van der Waals surface area contributed by atoms with Crippen LogP contribution >= 0.6 is 0 Å². The first-order chi connectivity index (χ1) is 15.7. The summed E-state index contributed by atoms with van der Waals surface area (Å²) in [7, 11) is 0. The number of aromatic nitrogens is 5. The molecular formula is C25H18FN6. The second-order valence-electron chi connectivity index (χ2n) is 7.14. The molecule has 155 valence electrons. The van der Waals surface area contributed by atoms with Gasteiger partial charge in [0.05, 0.1) is 12.2 Å². The summed E-state index contributed by atoms with van der Waals surface area (Å²) in [6, 6.07) is 22.5. The Bertz CT molecular complexity index is 1320. The Kier molecular flexibility index (Phi) is 5.36. The zero-order valence-corrected chi connectivity index (χ0v) is 17.0. The summed E-state index contributed by atoms with van der Waals surface area (Å²) in [5.74, 6) is 0.223. The van der Waals surface area contributed by atoms with E-state index in [1.807, 2.05) is 53.3 Å². The maximum atomic E-state index is 13.3. The summed E-state index contributed by atoms with van der Waals surface area (Å²) in [5.41, 5.74) is 5.05. The highest BCUT2D eigenvalue weighted by Crippen LogP contribution is 2.30. The van der Waals surface area contributed by atoms with Crippen molar-refractivity contribution in [3.8, 4) is 22.5 Å². The van der Waals surface area contributed by atoms with Crippen LogP contribution in [0.15, 0.2) is 91.5 Å². The molecule has 1 radical (unpaired) electrons. The van der Waals surface area contributed by atoms with Gasteiger partial charge in [0.15, 0.2) is 0 Å². The minimum Gasteiger partial charge on any atom is -0.324 e. The SMILES string of the molecule is Fc1ccc(Cn2cc(-c3ccnc(Nc4cc[c]cc4)n3)c(-c3cccnc3)n2)cc1. The molecule has 5 rings (SSSR count). The van der Waals surface area contributed by atoms with E-state index in [4.69, 9.17) is 10.1 Å². The van der Waals surface area contributed by atoms with Crippen molar-refractivity contribution in [3.63, 3.8) is 0 Å². The average molecular weight is 421 g/mol. The second-order valence-corrected chi connectivity index (χ2v) is 7.14. The molecule has 0 aliphatic heterocycles. The van der Waals surface area contributed by atoms with Crippen molar-refractivity contribution in [2.75, 3.05) is 5.32 Å². The van der Waals surface area contributed by atoms with Gasteiger partial charge in [-0.3, -0.25) is 9.67 Å². The Morgan fingerprint density at radius 1 is 0.969 bits per heavy atom. The quantitative estimate of drug-likeness (QED) is 0.411. The van der Waals surface area contributed by atoms with Crippen LogP contribution in [0.5, 0.6) is 0 Å². The van der Waals surface area contributed by atoms with E-state index < -0.39 is 0 Å². The number of rotatable bonds is 6. The number of nitrogens with one attached hydrogen (secondary N) is 1. The maximum absolute atomic E-state index is 13.3. The Balaban J connectivity index is 1.53. The van der Waals surface area contributed by atoms with E-state index in [0.717, 1.165) is 33.8 Å². The van der Waals surface area contributed by atoms with E-state index in [9.17, 15) is 4.39 Å². The van der Waals surface area contributed by atoms with Crippen molar-refractivity contribution in [1.29, 1.82) is 0 Å². The van der Waals surface area contributed by atoms with E-state index in [1.165, 1.54) is 12.1 Å². The number of hydrogen-bond acceptors (Lipinski definition) is 5. The van der Waals surface area contributed by atoms with E-state index >= 15 is 0 Å². The van der Waals surface area contributed by atoms with Gasteiger partial charge in [0.2, 0.25) is 5.95 Å². The van der Waals surface area contributed by atoms with Gasteiger partial charge in [0.1, 0.15) is 11.5 Å². The minimum absolute atomic E-state index is 0.261. The molecule has 3 aromatic heterocycles. The summed E-state index contributed by atoms with van der Waals surface area (Å²) in [6.45, 7) is 0.504. The maximum Gasteiger partial charge on any atom is 0.227 e. The van der Waals surface area contributed by atoms with Crippen molar-refractivity contribution in [2.45, 2.75) is 6.54 Å². The van der Waals surface area contributed by atoms with Crippen LogP contribution in [0, 0.1) is 11.9 Å². The van der Waals surface area contributed by atoms with Gasteiger partial charge in [-0.15, -0.1) is 0 Å². The van der Waals surface area contributed by atoms with E-state index in [1.54, 1.807) is 30.7 Å². The molecule has 1 N–H and O–H groups in total. The van der Waals surface area contributed by atoms with Gasteiger partial charge in [-0.1, -0.05) is 24.3 Å². The number of hydrogen-bond donors (Lipinski definition) is 1. The van der Waals surface area contributed by atoms with Crippen LogP contribution in [0.1, 0.15) is 5.56 Å². The van der Waals surface area contributed by atoms with Crippen LogP contribution in [-0.2, 0) is 6.54 Å². The molecule has 0 aliphatic rings. The van der Waals surface area contributed by atoms with Crippen molar-refractivity contribution in [1.82, 2.24) is 24.7 Å². The van der Waals surface area contributed by atoms with Gasteiger partial charge in [0, 0.05) is 41.6 Å². The van der Waals surface area contributed by atoms with Gasteiger partial charge < -0.3 is 5.32 Å². The van der Waals surface area contributed by atoms with Crippen LogP contribution in [0.2, 0.25) is 0 Å². The lowest BCUT2D eigenvalue weighted by atomic mass is 10.1. The number of halogens is 1. The predicted molar refractivity (Wildman–Crippen MR) is 121 cm³/mol. The normalized spacial score (nSPS) is 10.8. The highest BCUT2D eigenvalue weighted by atomic mass is 19.1. The van der Waals surface area contributed by atoms with Gasteiger partial charge in [0.25, 0.3) is 0 Å². The summed E-state index contributed by atoms with van der Waals surface area (Å²) in [5, 5.41) is 7.99. The second kappa shape index (κ2) is 8.77. The third kappa shape index (κ3) is 4.37. The molecular weight excluding hydrogens is 403 g/mol. The number of nitrogens with zero attached hydrogens (tertiary/aromatic N) is 5. The molecule has 0 spiro atoms. The van der Waals surface area contributed by atoms with E-state index in [-0.39, 0.29) is 5.82 Å². The topological polar surface area (TPSA) is 68.5 Å². The Labute approximate surface area is 184 Å². The standard InChI is InChI=1S/C25H18FN6/c26-20-10-8-18(9-11-20)16-32-17-22(24(31-32)19-5-4-13-27-15-19)23-12-14-28-25(30-23)29-21-6-2-1-3-7-21/h2-15,17H,16H2,(H,28,29,30). The number of anilines is 2. The molecule has 3 heterocycles. The lowest BCUT2D eigenvalue weighted by Gasteiger charge is -2.06. The smallest absolute Gasteiger partial charge is 0.227 e. The molecule has 0 aliphatic carbocycles. The van der Waals surface area contributed by atoms with Crippen LogP contribution in [-0.4, -0.2) is 24.7 Å². The summed E-state index contributed by atoms with van der Waals surface area (Å²) in [4.78, 5) is 13.3. The van der Waals surface area contributed by atoms with Crippen LogP contribution in [0.25, 0.3) is 22.5 Å². The molecule has 0 fully saturated rings. The third-order valence-corrected chi connectivity index (χ3v) is 4.86. The van der Waals surface area contributed by atoms with Crippen LogP contribution in [0.4, 0.5) is 16.0 Å². The molecule has 0 saturated heterocycles. The number of benzene rings is 2. The van der Waals surface area contributed by atoms with Gasteiger partial charge in [-0.2, -0.15) is 5.10 Å². The average Bonchev–Trinajstić information content (AvgIpc) is 3.26. The zero-order chi connectivity index (χ0) is 21.8. The molecule has 32 heavy (non-hydrogen) atoms. The van der Waals surface area contributed by atoms with Crippen LogP contribution in [0.3, 0.4) is 0 Å². The van der Waals surface area contributed by atoms with Gasteiger partial charge >= 0.3 is 0 Å². The first kappa shape index (κ1) is 19.6. The molecule has 7 heteroatoms. The predicted octanol–water partition coefficient (Wildman–Crippen LogP) is 5.13. The Morgan fingerprint density at radius 2 is 1.81 bits per heavy atom. The summed E-state index contributed by atoms with van der Waals surface area (Å²) in [6.07, 6.45) is 7.15. The van der Waals surface area contributed by atoms with Gasteiger partial charge in [-0.05, 0) is 54.1 Å². The number of pyridine rings is 1. The fourth-order valence-corrected chi connectivity index (χ4v) is 3.35. The molecule has 0 saturated carbocycles. The van der Waals surface area contributed by atoms with Crippen molar-refractivity contribution >= 4 is 11.6 Å². The van der Waals surface area contributed by atoms with E-state index in [0.29, 0.717) is 12.5 Å². The van der Waals surface area contributed by atoms with Crippen molar-refractivity contribution < 1.29 is 4.39 Å². The van der Waals surface area contributed by atoms with Gasteiger partial charge in [-0.25, -0.2) is 14.4 Å². The molecule has 2 aromatic carbocycles. The molecule has 6 nitrogen and oxygen atoms in total. The monoisotopic (exact) mass is 421 g/mol. The van der Waals surface area contributed by atoms with Crippen molar-refractivity contribution in [3.05, 3.63) is 109 Å². The van der Waals surface area contributed by atoms with E-state index in [2.05, 4.69) is 21.4 Å². The zero-order valence-electron chi connectivity index (χ0n) is 17.0. The van der Waals surface area contributed by atoms with Crippen LogP contribution < -0.4 is 5.32 Å². The summed E-state index contributed by atoms with van der Waals surface area (Å²) >= 11 is 0. The first-order valence-electron chi connectivity index (χ1n) is 10.0. The lowest BCUT2D eigenvalue weighted by Crippen LogP contribution is -2.00.